The minimum Gasteiger partial charge on any atom is -0.382 e. The molecule has 3 aliphatic rings. The summed E-state index contributed by atoms with van der Waals surface area (Å²) in [5.41, 5.74) is 4.08. The van der Waals surface area contributed by atoms with E-state index >= 15 is 0 Å². The maximum Gasteiger partial charge on any atom is 0.250 e. The van der Waals surface area contributed by atoms with Crippen LogP contribution in [0.1, 0.15) is 32.1 Å². The van der Waals surface area contributed by atoms with Crippen LogP contribution in [0, 0.1) is 0 Å². The largest absolute Gasteiger partial charge is 0.382 e. The molecule has 0 radical (unpaired) electrons. The molecular weight excluding hydrogens is 462 g/mol. The van der Waals surface area contributed by atoms with Gasteiger partial charge in [0, 0.05) is 61.7 Å². The van der Waals surface area contributed by atoms with Crippen molar-refractivity contribution in [1.29, 1.82) is 0 Å². The lowest BCUT2D eigenvalue weighted by atomic mass is 9.95. The molecule has 0 atom stereocenters. The third kappa shape index (κ3) is 4.61. The Labute approximate surface area is 208 Å². The predicted molar refractivity (Wildman–Crippen MR) is 141 cm³/mol. The standard InChI is InChI=1S/C27H29N3O2S2/c31-26-17-20(30-11-13-32-14-12-30)16-22(29-26)21-7-4-8-24-27(21)34-23-10-9-19(15-25(23)33-24)28-18-5-2-1-3-6-18/h4,7-10,15-18,28H,1-3,5-6,11-14H2,(H,29,31). The fourth-order valence-electron chi connectivity index (χ4n) is 5.06. The summed E-state index contributed by atoms with van der Waals surface area (Å²) in [6.07, 6.45) is 6.57. The number of ether oxygens (including phenoxy) is 1. The zero-order valence-corrected chi connectivity index (χ0v) is 20.8. The van der Waals surface area contributed by atoms with E-state index in [-0.39, 0.29) is 5.56 Å². The highest BCUT2D eigenvalue weighted by Gasteiger charge is 2.23. The Morgan fingerprint density at radius 2 is 1.76 bits per heavy atom. The summed E-state index contributed by atoms with van der Waals surface area (Å²) in [6.45, 7) is 3.02. The molecule has 1 saturated heterocycles. The number of morpholine rings is 1. The van der Waals surface area contributed by atoms with E-state index in [1.54, 1.807) is 17.8 Å². The number of aromatic nitrogens is 1. The lowest BCUT2D eigenvalue weighted by molar-refractivity contribution is 0.122. The number of rotatable bonds is 4. The van der Waals surface area contributed by atoms with E-state index < -0.39 is 0 Å². The number of nitrogens with zero attached hydrogens (tertiary/aromatic N) is 1. The smallest absolute Gasteiger partial charge is 0.250 e. The minimum absolute atomic E-state index is 0.0658. The number of nitrogens with one attached hydrogen (secondary N) is 2. The molecule has 2 aliphatic heterocycles. The molecule has 1 saturated carbocycles. The molecule has 2 fully saturated rings. The molecule has 6 rings (SSSR count). The fraction of sp³-hybridized carbons (Fsp3) is 0.370. The second-order valence-corrected chi connectivity index (χ2v) is 11.3. The number of benzene rings is 2. The second-order valence-electron chi connectivity index (χ2n) is 9.19. The van der Waals surface area contributed by atoms with Crippen molar-refractivity contribution in [2.75, 3.05) is 36.5 Å². The van der Waals surface area contributed by atoms with E-state index in [1.165, 1.54) is 57.4 Å². The third-order valence-electron chi connectivity index (χ3n) is 6.83. The highest BCUT2D eigenvalue weighted by atomic mass is 32.2. The summed E-state index contributed by atoms with van der Waals surface area (Å²) < 4.78 is 5.49. The quantitative estimate of drug-likeness (QED) is 0.352. The van der Waals surface area contributed by atoms with Gasteiger partial charge in [-0.1, -0.05) is 54.9 Å². The summed E-state index contributed by atoms with van der Waals surface area (Å²) in [7, 11) is 0. The van der Waals surface area contributed by atoms with Crippen molar-refractivity contribution in [2.24, 2.45) is 0 Å². The van der Waals surface area contributed by atoms with Crippen LogP contribution in [0.5, 0.6) is 0 Å². The van der Waals surface area contributed by atoms with Crippen LogP contribution in [-0.2, 0) is 4.74 Å². The van der Waals surface area contributed by atoms with Crippen molar-refractivity contribution in [3.8, 4) is 11.3 Å². The van der Waals surface area contributed by atoms with Gasteiger partial charge < -0.3 is 19.9 Å². The predicted octanol–water partition coefficient (Wildman–Crippen LogP) is 6.24. The first-order valence-corrected chi connectivity index (χ1v) is 13.8. The van der Waals surface area contributed by atoms with Gasteiger partial charge in [0.25, 0.3) is 0 Å². The van der Waals surface area contributed by atoms with Crippen LogP contribution < -0.4 is 15.8 Å². The van der Waals surface area contributed by atoms with Crippen molar-refractivity contribution in [1.82, 2.24) is 4.98 Å². The zero-order valence-electron chi connectivity index (χ0n) is 19.1. The Morgan fingerprint density at radius 3 is 2.62 bits per heavy atom. The number of hydrogen-bond donors (Lipinski definition) is 2. The molecule has 0 bridgehead atoms. The van der Waals surface area contributed by atoms with Crippen LogP contribution in [0.3, 0.4) is 0 Å². The first-order chi connectivity index (χ1) is 16.7. The van der Waals surface area contributed by atoms with Gasteiger partial charge in [0.05, 0.1) is 18.9 Å². The fourth-order valence-corrected chi connectivity index (χ4v) is 7.48. The average molecular weight is 492 g/mol. The molecule has 1 aromatic heterocycles. The molecule has 3 aromatic rings. The molecule has 2 N–H and O–H groups in total. The summed E-state index contributed by atoms with van der Waals surface area (Å²) >= 11 is 3.63. The first-order valence-electron chi connectivity index (χ1n) is 12.2. The van der Waals surface area contributed by atoms with E-state index in [0.29, 0.717) is 19.3 Å². The highest BCUT2D eigenvalue weighted by Crippen LogP contribution is 2.52. The Morgan fingerprint density at radius 1 is 0.912 bits per heavy atom. The summed E-state index contributed by atoms with van der Waals surface area (Å²) in [6, 6.07) is 17.6. The van der Waals surface area contributed by atoms with Gasteiger partial charge in [0.1, 0.15) is 0 Å². The normalized spacial score (nSPS) is 18.3. The number of fused-ring (bicyclic) bond motifs is 2. The first kappa shape index (κ1) is 22.1. The van der Waals surface area contributed by atoms with Crippen molar-refractivity contribution in [2.45, 2.75) is 57.7 Å². The third-order valence-corrected chi connectivity index (χ3v) is 9.42. The molecule has 0 unspecified atom stereocenters. The topological polar surface area (TPSA) is 57.4 Å². The average Bonchev–Trinajstić information content (AvgIpc) is 2.88. The Balaban J connectivity index is 1.29. The van der Waals surface area contributed by atoms with Gasteiger partial charge >= 0.3 is 0 Å². The second kappa shape index (κ2) is 9.72. The minimum atomic E-state index is -0.0658. The number of hydrogen-bond acceptors (Lipinski definition) is 6. The van der Waals surface area contributed by atoms with Gasteiger partial charge in [0.15, 0.2) is 0 Å². The van der Waals surface area contributed by atoms with Crippen LogP contribution in [0.2, 0.25) is 0 Å². The van der Waals surface area contributed by atoms with Gasteiger partial charge in [-0.15, -0.1) is 0 Å². The SMILES string of the molecule is O=c1cc(N2CCOCC2)cc(-c2cccc3c2Sc2ccc(NC4CCCCC4)cc2S3)[nH]1. The Kier molecular flexibility index (Phi) is 6.33. The van der Waals surface area contributed by atoms with Crippen LogP contribution in [0.4, 0.5) is 11.4 Å². The monoisotopic (exact) mass is 491 g/mol. The van der Waals surface area contributed by atoms with Gasteiger partial charge in [-0.25, -0.2) is 0 Å². The Bertz CT molecular complexity index is 1250. The summed E-state index contributed by atoms with van der Waals surface area (Å²) in [5, 5.41) is 3.76. The van der Waals surface area contributed by atoms with E-state index in [1.807, 2.05) is 11.8 Å². The maximum absolute atomic E-state index is 12.6. The molecule has 2 aromatic carbocycles. The zero-order chi connectivity index (χ0) is 22.9. The Hall–Kier alpha value is -2.35. The molecule has 0 amide bonds. The lowest BCUT2D eigenvalue weighted by Crippen LogP contribution is -2.36. The van der Waals surface area contributed by atoms with Crippen LogP contribution >= 0.6 is 23.5 Å². The molecule has 34 heavy (non-hydrogen) atoms. The molecule has 7 heteroatoms. The number of aromatic amines is 1. The molecule has 176 valence electrons. The molecule has 1 aliphatic carbocycles. The van der Waals surface area contributed by atoms with E-state index in [4.69, 9.17) is 4.74 Å². The molecule has 0 spiro atoms. The lowest BCUT2D eigenvalue weighted by Gasteiger charge is -2.29. The van der Waals surface area contributed by atoms with E-state index in [2.05, 4.69) is 57.7 Å². The van der Waals surface area contributed by atoms with E-state index in [0.717, 1.165) is 30.0 Å². The van der Waals surface area contributed by atoms with E-state index in [9.17, 15) is 4.79 Å². The van der Waals surface area contributed by atoms with Crippen molar-refractivity contribution < 1.29 is 4.74 Å². The van der Waals surface area contributed by atoms with Crippen molar-refractivity contribution >= 4 is 34.9 Å². The number of anilines is 2. The van der Waals surface area contributed by atoms with Gasteiger partial charge in [-0.3, -0.25) is 4.79 Å². The number of H-pyrrole nitrogens is 1. The van der Waals surface area contributed by atoms with Crippen LogP contribution in [0.25, 0.3) is 11.3 Å². The molecule has 5 nitrogen and oxygen atoms in total. The number of pyridine rings is 1. The maximum atomic E-state index is 12.6. The van der Waals surface area contributed by atoms with Gasteiger partial charge in [0.2, 0.25) is 5.56 Å². The van der Waals surface area contributed by atoms with Crippen molar-refractivity contribution in [3.63, 3.8) is 0 Å². The van der Waals surface area contributed by atoms with Crippen LogP contribution in [0.15, 0.2) is 72.9 Å². The van der Waals surface area contributed by atoms with Gasteiger partial charge in [-0.2, -0.15) is 0 Å². The van der Waals surface area contributed by atoms with Crippen molar-refractivity contribution in [3.05, 3.63) is 58.9 Å². The molecular formula is C27H29N3O2S2. The summed E-state index contributed by atoms with van der Waals surface area (Å²) in [5.74, 6) is 0. The molecule has 3 heterocycles. The van der Waals surface area contributed by atoms with Gasteiger partial charge in [-0.05, 0) is 43.2 Å². The van der Waals surface area contributed by atoms with Crippen LogP contribution in [-0.4, -0.2) is 37.3 Å². The highest BCUT2D eigenvalue weighted by molar-refractivity contribution is 8.05. The summed E-state index contributed by atoms with van der Waals surface area (Å²) in [4.78, 5) is 22.9.